The minimum absolute atomic E-state index is 0.0156. The van der Waals surface area contributed by atoms with E-state index >= 15 is 0 Å². The van der Waals surface area contributed by atoms with E-state index in [0.717, 1.165) is 53.6 Å². The van der Waals surface area contributed by atoms with E-state index in [1.54, 1.807) is 0 Å². The lowest BCUT2D eigenvalue weighted by Gasteiger charge is -2.41. The number of anilines is 1. The normalized spacial score (nSPS) is 18.2. The van der Waals surface area contributed by atoms with Crippen LogP contribution in [0.4, 0.5) is 5.82 Å². The van der Waals surface area contributed by atoms with Gasteiger partial charge in [-0.1, -0.05) is 18.9 Å². The van der Waals surface area contributed by atoms with Crippen molar-refractivity contribution in [1.82, 2.24) is 20.6 Å². The van der Waals surface area contributed by atoms with Crippen molar-refractivity contribution in [3.05, 3.63) is 62.2 Å². The highest BCUT2D eigenvalue weighted by Crippen LogP contribution is 2.34. The van der Waals surface area contributed by atoms with Crippen molar-refractivity contribution < 1.29 is 4.79 Å². The second kappa shape index (κ2) is 12.2. The van der Waals surface area contributed by atoms with E-state index in [9.17, 15) is 9.59 Å². The van der Waals surface area contributed by atoms with E-state index in [1.807, 2.05) is 33.0 Å². The van der Waals surface area contributed by atoms with Gasteiger partial charge in [0.25, 0.3) is 5.56 Å². The first-order chi connectivity index (χ1) is 17.9. The first-order valence-electron chi connectivity index (χ1n) is 13.5. The summed E-state index contributed by atoms with van der Waals surface area (Å²) >= 11 is 0. The molecule has 1 saturated carbocycles. The zero-order valence-corrected chi connectivity index (χ0v) is 24.0. The Kier molecular flexibility index (Phi) is 9.44. The smallest absolute Gasteiger partial charge is 0.252 e. The maximum Gasteiger partial charge on any atom is 0.252 e. The van der Waals surface area contributed by atoms with Crippen LogP contribution in [0.3, 0.4) is 0 Å². The van der Waals surface area contributed by atoms with Crippen molar-refractivity contribution in [2.24, 2.45) is 0 Å². The molecule has 2 aromatic rings. The second-order valence-corrected chi connectivity index (χ2v) is 11.8. The number of aldehydes is 1. The predicted octanol–water partition coefficient (Wildman–Crippen LogP) is 4.89. The Labute approximate surface area is 226 Å². The highest BCUT2D eigenvalue weighted by Gasteiger charge is 2.33. The fraction of sp³-hybridized carbons (Fsp3) is 0.533. The monoisotopic (exact) mass is 520 g/mol. The van der Waals surface area contributed by atoms with Crippen molar-refractivity contribution in [2.45, 2.75) is 97.3 Å². The Morgan fingerprint density at radius 1 is 1.16 bits per heavy atom. The quantitative estimate of drug-likeness (QED) is 0.262. The van der Waals surface area contributed by atoms with Crippen molar-refractivity contribution >= 4 is 23.9 Å². The molecule has 206 valence electrons. The lowest BCUT2D eigenvalue weighted by atomic mass is 9.82. The maximum absolute atomic E-state index is 11.7. The molecule has 0 atom stereocenters. The van der Waals surface area contributed by atoms with Crippen LogP contribution in [0, 0.1) is 19.3 Å². The number of aryl methyl sites for hydroxylation is 2. The molecule has 2 aromatic heterocycles. The highest BCUT2D eigenvalue weighted by molar-refractivity contribution is 5.96. The molecule has 4 rings (SSSR count). The number of rotatable bonds is 7. The molecular weight excluding hydrogens is 476 g/mol. The van der Waals surface area contributed by atoms with Gasteiger partial charge < -0.3 is 26.3 Å². The molecule has 0 bridgehead atoms. The molecule has 8 nitrogen and oxygen atoms in total. The predicted molar refractivity (Wildman–Crippen MR) is 157 cm³/mol. The molecule has 0 radical (unpaired) electrons. The minimum atomic E-state index is -0.140. The average molecular weight is 521 g/mol. The fourth-order valence-corrected chi connectivity index (χ4v) is 5.72. The Bertz CT molecular complexity index is 1250. The van der Waals surface area contributed by atoms with Gasteiger partial charge in [0.1, 0.15) is 5.82 Å². The van der Waals surface area contributed by atoms with E-state index < -0.39 is 0 Å². The number of hydrogen-bond donors (Lipinski definition) is 5. The largest absolute Gasteiger partial charge is 0.367 e. The van der Waals surface area contributed by atoms with Gasteiger partial charge in [-0.05, 0) is 91.1 Å². The second-order valence-electron chi connectivity index (χ2n) is 11.8. The molecule has 0 saturated heterocycles. The number of H-pyrrole nitrogens is 1. The summed E-state index contributed by atoms with van der Waals surface area (Å²) in [6, 6.07) is 4.19. The first-order valence-corrected chi connectivity index (χ1v) is 13.5. The fourth-order valence-electron chi connectivity index (χ4n) is 5.72. The van der Waals surface area contributed by atoms with Gasteiger partial charge in [-0.25, -0.2) is 4.98 Å². The summed E-state index contributed by atoms with van der Waals surface area (Å²) in [5.41, 5.74) is 5.71. The Balaban J connectivity index is 0.000000279. The van der Waals surface area contributed by atoms with Crippen LogP contribution in [-0.2, 0) is 6.54 Å². The zero-order chi connectivity index (χ0) is 28.1. The van der Waals surface area contributed by atoms with Crippen LogP contribution in [0.5, 0.6) is 0 Å². The molecule has 3 heterocycles. The number of pyridine rings is 2. The number of aromatic amines is 1. The molecular formula is C30H44N6O2. The van der Waals surface area contributed by atoms with Crippen LogP contribution in [0.25, 0.3) is 5.57 Å². The Morgan fingerprint density at radius 2 is 1.84 bits per heavy atom. The van der Waals surface area contributed by atoms with Gasteiger partial charge in [0.15, 0.2) is 6.29 Å². The molecule has 1 aliphatic carbocycles. The summed E-state index contributed by atoms with van der Waals surface area (Å²) in [6.07, 6.45) is 9.80. The van der Waals surface area contributed by atoms with Gasteiger partial charge in [-0.3, -0.25) is 9.59 Å². The SMILES string of the molecule is CC1(C)C=C(c2cc(C=O)c(C=N)c(NC3CCCC3)n2)CC(C)(C)N1.CNCc1c(C)cc(C)[nH]c1=O. The van der Waals surface area contributed by atoms with Gasteiger partial charge in [-0.15, -0.1) is 0 Å². The third kappa shape index (κ3) is 7.48. The third-order valence-corrected chi connectivity index (χ3v) is 7.06. The summed E-state index contributed by atoms with van der Waals surface area (Å²) < 4.78 is 0. The molecule has 8 heteroatoms. The number of nitrogens with one attached hydrogen (secondary N) is 5. The third-order valence-electron chi connectivity index (χ3n) is 7.06. The van der Waals surface area contributed by atoms with E-state index in [-0.39, 0.29) is 16.6 Å². The summed E-state index contributed by atoms with van der Waals surface area (Å²) in [5.74, 6) is 0.668. The average Bonchev–Trinajstić information content (AvgIpc) is 3.32. The molecule has 0 aromatic carbocycles. The summed E-state index contributed by atoms with van der Waals surface area (Å²) in [6.45, 7) is 13.1. The highest BCUT2D eigenvalue weighted by atomic mass is 16.1. The number of carbonyl (C=O) groups excluding carboxylic acids is 1. The molecule has 1 aliphatic heterocycles. The summed E-state index contributed by atoms with van der Waals surface area (Å²) in [5, 5.41) is 17.8. The number of nitrogens with zero attached hydrogens (tertiary/aromatic N) is 1. The zero-order valence-electron chi connectivity index (χ0n) is 24.0. The van der Waals surface area contributed by atoms with Gasteiger partial charge in [0, 0.05) is 52.3 Å². The molecule has 38 heavy (non-hydrogen) atoms. The van der Waals surface area contributed by atoms with Crippen molar-refractivity contribution in [1.29, 1.82) is 5.41 Å². The topological polar surface area (TPSA) is 123 Å². The van der Waals surface area contributed by atoms with Gasteiger partial charge in [-0.2, -0.15) is 0 Å². The van der Waals surface area contributed by atoms with Gasteiger partial charge in [0.05, 0.1) is 5.69 Å². The maximum atomic E-state index is 11.7. The van der Waals surface area contributed by atoms with Crippen LogP contribution >= 0.6 is 0 Å². The summed E-state index contributed by atoms with van der Waals surface area (Å²) in [7, 11) is 1.83. The van der Waals surface area contributed by atoms with Crippen LogP contribution in [0.1, 0.15) is 98.2 Å². The number of hydrogen-bond acceptors (Lipinski definition) is 7. The van der Waals surface area contributed by atoms with E-state index in [2.05, 4.69) is 54.7 Å². The van der Waals surface area contributed by atoms with Crippen molar-refractivity contribution in [3.8, 4) is 0 Å². The van der Waals surface area contributed by atoms with Crippen LogP contribution in [0.2, 0.25) is 0 Å². The lowest BCUT2D eigenvalue weighted by molar-refractivity contribution is 0.112. The van der Waals surface area contributed by atoms with Gasteiger partial charge in [0.2, 0.25) is 0 Å². The van der Waals surface area contributed by atoms with Gasteiger partial charge >= 0.3 is 0 Å². The molecule has 0 amide bonds. The Morgan fingerprint density at radius 3 is 2.39 bits per heavy atom. The van der Waals surface area contributed by atoms with Crippen molar-refractivity contribution in [3.63, 3.8) is 0 Å². The molecule has 0 spiro atoms. The van der Waals surface area contributed by atoms with Crippen molar-refractivity contribution in [2.75, 3.05) is 12.4 Å². The van der Waals surface area contributed by atoms with E-state index in [4.69, 9.17) is 10.4 Å². The molecule has 1 fully saturated rings. The van der Waals surface area contributed by atoms with E-state index in [0.29, 0.717) is 29.5 Å². The first kappa shape index (κ1) is 29.5. The minimum Gasteiger partial charge on any atom is -0.367 e. The molecule has 2 aliphatic rings. The standard InChI is InChI=1S/C21H30N4O.C9H14N2O/c1-20(2)10-15(11-21(3,4)25-20)18-9-14(13-26)17(12-22)19(24-18)23-16-7-5-6-8-16;1-6-4-7(2)11-9(12)8(6)5-10-3/h9-10,12-13,16,22,25H,5-8,11H2,1-4H3,(H,23,24);4,10H,5H2,1-3H3,(H,11,12). The molecule has 0 unspecified atom stereocenters. The van der Waals surface area contributed by atoms with Crippen LogP contribution < -0.4 is 21.5 Å². The van der Waals surface area contributed by atoms with Crippen LogP contribution in [0.15, 0.2) is 23.0 Å². The lowest BCUT2D eigenvalue weighted by Crippen LogP contribution is -2.53. The molecule has 5 N–H and O–H groups in total. The Hall–Kier alpha value is -3.10. The number of aromatic nitrogens is 2. The van der Waals surface area contributed by atoms with Crippen LogP contribution in [-0.4, -0.2) is 46.6 Å². The summed E-state index contributed by atoms with van der Waals surface area (Å²) in [4.78, 5) is 30.7. The van der Waals surface area contributed by atoms with E-state index in [1.165, 1.54) is 19.1 Å². The number of carbonyl (C=O) groups is 1.